The Balaban J connectivity index is 2.14. The van der Waals surface area contributed by atoms with E-state index in [1.54, 1.807) is 60.7 Å². The van der Waals surface area contributed by atoms with Crippen LogP contribution in [-0.2, 0) is 4.57 Å². The lowest BCUT2D eigenvalue weighted by molar-refractivity contribution is 0.446. The summed E-state index contributed by atoms with van der Waals surface area (Å²) in [5, 5.41) is 0.824. The molecule has 0 fully saturated rings. The lowest BCUT2D eigenvalue weighted by Crippen LogP contribution is -2.20. The summed E-state index contributed by atoms with van der Waals surface area (Å²) >= 11 is 0. The summed E-state index contributed by atoms with van der Waals surface area (Å²) in [6.45, 7) is 0. The van der Waals surface area contributed by atoms with Gasteiger partial charge in [-0.1, -0.05) is 42.5 Å². The van der Waals surface area contributed by atoms with Gasteiger partial charge in [-0.05, 0) is 36.4 Å². The molecule has 3 rings (SSSR count). The van der Waals surface area contributed by atoms with Gasteiger partial charge in [0.2, 0.25) is 5.82 Å². The SMILES string of the molecule is O=P(Oc1cccc(F)c1F)(c1ccccc1)c1ccccc1. The average molecular weight is 330 g/mol. The first-order valence-electron chi connectivity index (χ1n) is 6.96. The van der Waals surface area contributed by atoms with Crippen LogP contribution in [0.15, 0.2) is 78.9 Å². The van der Waals surface area contributed by atoms with Gasteiger partial charge >= 0.3 is 7.37 Å². The average Bonchev–Trinajstić information content (AvgIpc) is 2.60. The van der Waals surface area contributed by atoms with Crippen LogP contribution in [-0.4, -0.2) is 0 Å². The van der Waals surface area contributed by atoms with Crippen molar-refractivity contribution in [2.24, 2.45) is 0 Å². The van der Waals surface area contributed by atoms with E-state index in [0.29, 0.717) is 10.6 Å². The van der Waals surface area contributed by atoms with E-state index in [2.05, 4.69) is 0 Å². The summed E-state index contributed by atoms with van der Waals surface area (Å²) in [4.78, 5) is 0. The van der Waals surface area contributed by atoms with Crippen LogP contribution in [0.25, 0.3) is 0 Å². The van der Waals surface area contributed by atoms with E-state index >= 15 is 0 Å². The van der Waals surface area contributed by atoms with Gasteiger partial charge < -0.3 is 4.52 Å². The molecular weight excluding hydrogens is 317 g/mol. The normalized spacial score (nSPS) is 11.2. The third-order valence-corrected chi connectivity index (χ3v) is 5.75. The molecule has 2 nitrogen and oxygen atoms in total. The van der Waals surface area contributed by atoms with Crippen LogP contribution in [0.1, 0.15) is 0 Å². The van der Waals surface area contributed by atoms with Crippen molar-refractivity contribution in [2.75, 3.05) is 0 Å². The summed E-state index contributed by atoms with van der Waals surface area (Å²) in [6, 6.07) is 20.6. The maximum atomic E-state index is 13.9. The van der Waals surface area contributed by atoms with Crippen LogP contribution >= 0.6 is 7.37 Å². The zero-order valence-corrected chi connectivity index (χ0v) is 12.9. The van der Waals surface area contributed by atoms with Crippen molar-refractivity contribution >= 4 is 18.0 Å². The second-order valence-corrected chi connectivity index (χ2v) is 7.18. The van der Waals surface area contributed by atoms with E-state index in [-0.39, 0.29) is 5.75 Å². The van der Waals surface area contributed by atoms with Gasteiger partial charge in [0.25, 0.3) is 0 Å². The van der Waals surface area contributed by atoms with Crippen molar-refractivity contribution in [3.05, 3.63) is 90.5 Å². The monoisotopic (exact) mass is 330 g/mol. The summed E-state index contributed by atoms with van der Waals surface area (Å²) in [5.41, 5.74) is 0. The Bertz CT molecular complexity index is 808. The molecule has 0 bridgehead atoms. The molecule has 0 saturated carbocycles. The van der Waals surface area contributed by atoms with E-state index in [0.717, 1.165) is 6.07 Å². The van der Waals surface area contributed by atoms with Crippen molar-refractivity contribution in [3.63, 3.8) is 0 Å². The van der Waals surface area contributed by atoms with Crippen molar-refractivity contribution in [2.45, 2.75) is 0 Å². The van der Waals surface area contributed by atoms with Crippen LogP contribution in [0, 0.1) is 11.6 Å². The van der Waals surface area contributed by atoms with Gasteiger partial charge in [-0.2, -0.15) is 4.39 Å². The number of benzene rings is 3. The van der Waals surface area contributed by atoms with E-state index in [1.807, 2.05) is 0 Å². The standard InChI is InChI=1S/C18H13F2O2P/c19-16-12-7-13-17(18(16)20)22-23(21,14-8-3-1-4-9-14)15-10-5-2-6-11-15/h1-13H. The highest BCUT2D eigenvalue weighted by Gasteiger charge is 2.31. The van der Waals surface area contributed by atoms with Crippen molar-refractivity contribution < 1.29 is 17.9 Å². The van der Waals surface area contributed by atoms with E-state index in [1.165, 1.54) is 12.1 Å². The second-order valence-electron chi connectivity index (χ2n) is 4.87. The lowest BCUT2D eigenvalue weighted by Gasteiger charge is -2.20. The van der Waals surface area contributed by atoms with E-state index in [9.17, 15) is 13.3 Å². The zero-order chi connectivity index (χ0) is 16.3. The fraction of sp³-hybridized carbons (Fsp3) is 0. The van der Waals surface area contributed by atoms with Crippen molar-refractivity contribution in [3.8, 4) is 5.75 Å². The van der Waals surface area contributed by atoms with Gasteiger partial charge in [0, 0.05) is 0 Å². The minimum Gasteiger partial charge on any atom is -0.434 e. The molecule has 0 heterocycles. The van der Waals surface area contributed by atoms with Gasteiger partial charge in [-0.15, -0.1) is 0 Å². The molecule has 3 aromatic carbocycles. The van der Waals surface area contributed by atoms with Gasteiger partial charge in [0.1, 0.15) is 0 Å². The van der Waals surface area contributed by atoms with Gasteiger partial charge in [0.05, 0.1) is 10.6 Å². The number of rotatable bonds is 4. The Morgan fingerprint density at radius 1 is 0.696 bits per heavy atom. The quantitative estimate of drug-likeness (QED) is 0.668. The van der Waals surface area contributed by atoms with E-state index in [4.69, 9.17) is 4.52 Å². The molecule has 0 radical (unpaired) electrons. The van der Waals surface area contributed by atoms with Crippen LogP contribution in [0.5, 0.6) is 5.75 Å². The molecule has 0 aliphatic carbocycles. The molecule has 0 amide bonds. The Kier molecular flexibility index (Phi) is 4.26. The van der Waals surface area contributed by atoms with E-state index < -0.39 is 19.0 Å². The number of hydrogen-bond donors (Lipinski definition) is 0. The molecule has 0 aliphatic rings. The van der Waals surface area contributed by atoms with Gasteiger partial charge in [-0.25, -0.2) is 4.39 Å². The minimum atomic E-state index is -3.60. The first-order valence-corrected chi connectivity index (χ1v) is 8.58. The largest absolute Gasteiger partial charge is 0.434 e. The molecule has 0 saturated heterocycles. The molecule has 3 aromatic rings. The molecule has 0 aromatic heterocycles. The van der Waals surface area contributed by atoms with Crippen LogP contribution in [0.4, 0.5) is 8.78 Å². The topological polar surface area (TPSA) is 26.3 Å². The molecule has 0 N–H and O–H groups in total. The Hall–Kier alpha value is -2.45. The van der Waals surface area contributed by atoms with Gasteiger partial charge in [0.15, 0.2) is 11.6 Å². The summed E-state index contributed by atoms with van der Waals surface area (Å²) in [5.74, 6) is -2.57. The summed E-state index contributed by atoms with van der Waals surface area (Å²) in [7, 11) is -3.60. The third-order valence-electron chi connectivity index (χ3n) is 3.34. The molecule has 0 atom stereocenters. The molecule has 0 aliphatic heterocycles. The molecular formula is C18H13F2O2P. The maximum absolute atomic E-state index is 13.9. The maximum Gasteiger partial charge on any atom is 0.306 e. The smallest absolute Gasteiger partial charge is 0.306 e. The molecule has 23 heavy (non-hydrogen) atoms. The zero-order valence-electron chi connectivity index (χ0n) is 12.0. The van der Waals surface area contributed by atoms with Crippen molar-refractivity contribution in [1.82, 2.24) is 0 Å². The molecule has 5 heteroatoms. The van der Waals surface area contributed by atoms with Crippen molar-refractivity contribution in [1.29, 1.82) is 0 Å². The minimum absolute atomic E-state index is 0.374. The molecule has 0 unspecified atom stereocenters. The summed E-state index contributed by atoms with van der Waals surface area (Å²) < 4.78 is 46.4. The highest BCUT2D eigenvalue weighted by atomic mass is 31.2. The number of halogens is 2. The predicted octanol–water partition coefficient (Wildman–Crippen LogP) is 4.27. The third kappa shape index (κ3) is 3.03. The first-order chi connectivity index (χ1) is 11.1. The Labute approximate surface area is 132 Å². The highest BCUT2D eigenvalue weighted by Crippen LogP contribution is 2.45. The molecule has 0 spiro atoms. The first kappa shape index (κ1) is 15.4. The van der Waals surface area contributed by atoms with Crippen LogP contribution in [0.3, 0.4) is 0 Å². The second kappa shape index (κ2) is 6.35. The van der Waals surface area contributed by atoms with Crippen LogP contribution in [0.2, 0.25) is 0 Å². The fourth-order valence-corrected chi connectivity index (χ4v) is 4.25. The molecule has 116 valence electrons. The van der Waals surface area contributed by atoms with Crippen LogP contribution < -0.4 is 15.1 Å². The van der Waals surface area contributed by atoms with Gasteiger partial charge in [-0.3, -0.25) is 4.57 Å². The Morgan fingerprint density at radius 3 is 1.74 bits per heavy atom. The number of hydrogen-bond acceptors (Lipinski definition) is 2. The summed E-state index contributed by atoms with van der Waals surface area (Å²) in [6.07, 6.45) is 0. The predicted molar refractivity (Wildman–Crippen MR) is 86.7 cm³/mol. The highest BCUT2D eigenvalue weighted by molar-refractivity contribution is 7.74. The lowest BCUT2D eigenvalue weighted by atomic mass is 10.3. The fourth-order valence-electron chi connectivity index (χ4n) is 2.20. The Morgan fingerprint density at radius 2 is 1.22 bits per heavy atom.